The van der Waals surface area contributed by atoms with Gasteiger partial charge in [0.15, 0.2) is 0 Å². The van der Waals surface area contributed by atoms with Gasteiger partial charge >= 0.3 is 0 Å². The molecule has 0 saturated heterocycles. The number of nitrogens with one attached hydrogen (secondary N) is 1. The molecule has 1 heterocycles. The van der Waals surface area contributed by atoms with Crippen molar-refractivity contribution < 1.29 is 4.39 Å². The number of hydrogen-bond acceptors (Lipinski definition) is 2. The van der Waals surface area contributed by atoms with Crippen molar-refractivity contribution in [3.05, 3.63) is 50.9 Å². The van der Waals surface area contributed by atoms with Gasteiger partial charge in [-0.1, -0.05) is 22.0 Å². The quantitative estimate of drug-likeness (QED) is 0.856. The van der Waals surface area contributed by atoms with Crippen LogP contribution in [0.15, 0.2) is 40.2 Å². The molecule has 0 radical (unpaired) electrons. The van der Waals surface area contributed by atoms with Crippen LogP contribution in [0, 0.1) is 5.82 Å². The van der Waals surface area contributed by atoms with Crippen LogP contribution in [-0.4, -0.2) is 0 Å². The van der Waals surface area contributed by atoms with E-state index in [0.29, 0.717) is 5.69 Å². The fraction of sp³-hybridized carbons (Fsp3) is 0.167. The van der Waals surface area contributed by atoms with Crippen molar-refractivity contribution in [3.8, 4) is 0 Å². The highest BCUT2D eigenvalue weighted by Gasteiger charge is 2.09. The van der Waals surface area contributed by atoms with E-state index < -0.39 is 0 Å². The van der Waals surface area contributed by atoms with Gasteiger partial charge in [0.05, 0.1) is 11.7 Å². The van der Waals surface area contributed by atoms with Crippen molar-refractivity contribution in [2.24, 2.45) is 0 Å². The SMILES string of the molecule is CC(Nc1ccc(Br)cc1F)c1cccs1. The van der Waals surface area contributed by atoms with Gasteiger partial charge in [-0.05, 0) is 36.6 Å². The van der Waals surface area contributed by atoms with Crippen LogP contribution in [0.2, 0.25) is 0 Å². The molecule has 1 nitrogen and oxygen atoms in total. The van der Waals surface area contributed by atoms with Crippen molar-refractivity contribution in [2.75, 3.05) is 5.32 Å². The van der Waals surface area contributed by atoms with Crippen molar-refractivity contribution in [1.29, 1.82) is 0 Å². The topological polar surface area (TPSA) is 12.0 Å². The molecular weight excluding hydrogens is 289 g/mol. The number of halogens is 2. The minimum Gasteiger partial charge on any atom is -0.375 e. The summed E-state index contributed by atoms with van der Waals surface area (Å²) in [5.41, 5.74) is 0.532. The van der Waals surface area contributed by atoms with Crippen molar-refractivity contribution in [1.82, 2.24) is 0 Å². The monoisotopic (exact) mass is 299 g/mol. The third kappa shape index (κ3) is 2.62. The molecule has 0 aliphatic rings. The predicted molar refractivity (Wildman–Crippen MR) is 70.5 cm³/mol. The normalized spacial score (nSPS) is 12.4. The Morgan fingerprint density at radius 2 is 2.19 bits per heavy atom. The van der Waals surface area contributed by atoms with Crippen LogP contribution >= 0.6 is 27.3 Å². The first-order chi connectivity index (χ1) is 7.66. The predicted octanol–water partition coefficient (Wildman–Crippen LogP) is 4.82. The summed E-state index contributed by atoms with van der Waals surface area (Å²) in [5, 5.41) is 5.17. The molecule has 16 heavy (non-hydrogen) atoms. The fourth-order valence-electron chi connectivity index (χ4n) is 1.45. The number of anilines is 1. The van der Waals surface area contributed by atoms with Crippen LogP contribution < -0.4 is 5.32 Å². The van der Waals surface area contributed by atoms with Gasteiger partial charge in [-0.25, -0.2) is 4.39 Å². The molecule has 0 aliphatic heterocycles. The Hall–Kier alpha value is -0.870. The Bertz CT molecular complexity index is 470. The molecule has 0 spiro atoms. The molecule has 1 aromatic heterocycles. The maximum Gasteiger partial charge on any atom is 0.147 e. The third-order valence-corrected chi connectivity index (χ3v) is 3.82. The number of rotatable bonds is 3. The summed E-state index contributed by atoms with van der Waals surface area (Å²) in [5.74, 6) is -0.238. The highest BCUT2D eigenvalue weighted by atomic mass is 79.9. The van der Waals surface area contributed by atoms with Crippen LogP contribution in [0.4, 0.5) is 10.1 Å². The standard InChI is InChI=1S/C12H11BrFNS/c1-8(12-3-2-6-16-12)15-11-5-4-9(13)7-10(11)14/h2-8,15H,1H3. The minimum atomic E-state index is -0.238. The molecule has 1 atom stereocenters. The molecule has 84 valence electrons. The minimum absolute atomic E-state index is 0.121. The van der Waals surface area contributed by atoms with E-state index in [1.807, 2.05) is 30.5 Å². The molecule has 2 aromatic rings. The molecule has 1 N–H and O–H groups in total. The molecule has 1 unspecified atom stereocenters. The highest BCUT2D eigenvalue weighted by Crippen LogP contribution is 2.26. The van der Waals surface area contributed by atoms with Crippen LogP contribution in [0.1, 0.15) is 17.8 Å². The average Bonchev–Trinajstić information content (AvgIpc) is 2.75. The maximum atomic E-state index is 13.6. The first-order valence-electron chi connectivity index (χ1n) is 4.92. The van der Waals surface area contributed by atoms with E-state index in [2.05, 4.69) is 21.2 Å². The van der Waals surface area contributed by atoms with Gasteiger partial charge in [-0.15, -0.1) is 11.3 Å². The van der Waals surface area contributed by atoms with Gasteiger partial charge in [0.2, 0.25) is 0 Å². The van der Waals surface area contributed by atoms with E-state index in [1.165, 1.54) is 10.9 Å². The van der Waals surface area contributed by atoms with Gasteiger partial charge in [0.25, 0.3) is 0 Å². The molecular formula is C12H11BrFNS. The second kappa shape index (κ2) is 4.97. The number of hydrogen-bond donors (Lipinski definition) is 1. The smallest absolute Gasteiger partial charge is 0.147 e. The van der Waals surface area contributed by atoms with Gasteiger partial charge in [0, 0.05) is 9.35 Å². The highest BCUT2D eigenvalue weighted by molar-refractivity contribution is 9.10. The zero-order valence-corrected chi connectivity index (χ0v) is 11.1. The van der Waals surface area contributed by atoms with E-state index in [-0.39, 0.29) is 11.9 Å². The van der Waals surface area contributed by atoms with E-state index in [9.17, 15) is 4.39 Å². The van der Waals surface area contributed by atoms with Crippen molar-refractivity contribution >= 4 is 33.0 Å². The zero-order chi connectivity index (χ0) is 11.5. The van der Waals surface area contributed by atoms with E-state index in [0.717, 1.165) is 4.47 Å². The lowest BCUT2D eigenvalue weighted by molar-refractivity contribution is 0.627. The van der Waals surface area contributed by atoms with Gasteiger partial charge < -0.3 is 5.32 Å². The number of benzene rings is 1. The van der Waals surface area contributed by atoms with Gasteiger partial charge in [-0.2, -0.15) is 0 Å². The zero-order valence-electron chi connectivity index (χ0n) is 8.71. The van der Waals surface area contributed by atoms with Gasteiger partial charge in [0.1, 0.15) is 5.82 Å². The summed E-state index contributed by atoms with van der Waals surface area (Å²) in [6.07, 6.45) is 0. The Labute approximate surface area is 106 Å². The Morgan fingerprint density at radius 1 is 1.38 bits per heavy atom. The van der Waals surface area contributed by atoms with Crippen LogP contribution in [-0.2, 0) is 0 Å². The van der Waals surface area contributed by atoms with Crippen molar-refractivity contribution in [2.45, 2.75) is 13.0 Å². The summed E-state index contributed by atoms with van der Waals surface area (Å²) in [6.45, 7) is 2.02. The Balaban J connectivity index is 2.15. The van der Waals surface area contributed by atoms with Crippen molar-refractivity contribution in [3.63, 3.8) is 0 Å². The molecule has 0 bridgehead atoms. The Morgan fingerprint density at radius 3 is 2.81 bits per heavy atom. The summed E-state index contributed by atoms with van der Waals surface area (Å²) in [7, 11) is 0. The second-order valence-electron chi connectivity index (χ2n) is 3.51. The van der Waals surface area contributed by atoms with Crippen LogP contribution in [0.3, 0.4) is 0 Å². The van der Waals surface area contributed by atoms with Crippen LogP contribution in [0.25, 0.3) is 0 Å². The molecule has 0 fully saturated rings. The maximum absolute atomic E-state index is 13.6. The fourth-order valence-corrected chi connectivity index (χ4v) is 2.52. The second-order valence-corrected chi connectivity index (χ2v) is 5.40. The largest absolute Gasteiger partial charge is 0.375 e. The van der Waals surface area contributed by atoms with E-state index in [1.54, 1.807) is 17.4 Å². The van der Waals surface area contributed by atoms with Crippen LogP contribution in [0.5, 0.6) is 0 Å². The Kier molecular flexibility index (Phi) is 3.61. The first kappa shape index (κ1) is 11.6. The summed E-state index contributed by atoms with van der Waals surface area (Å²) in [4.78, 5) is 1.20. The summed E-state index contributed by atoms with van der Waals surface area (Å²) >= 11 is 4.90. The molecule has 0 amide bonds. The lowest BCUT2D eigenvalue weighted by atomic mass is 10.2. The lowest BCUT2D eigenvalue weighted by Crippen LogP contribution is -2.06. The molecule has 1 aromatic carbocycles. The first-order valence-corrected chi connectivity index (χ1v) is 6.59. The average molecular weight is 300 g/mol. The molecule has 0 saturated carbocycles. The molecule has 0 aliphatic carbocycles. The number of thiophene rings is 1. The van der Waals surface area contributed by atoms with Gasteiger partial charge in [-0.3, -0.25) is 0 Å². The van der Waals surface area contributed by atoms with E-state index in [4.69, 9.17) is 0 Å². The summed E-state index contributed by atoms with van der Waals surface area (Å²) < 4.78 is 14.3. The molecule has 2 rings (SSSR count). The molecule has 4 heteroatoms. The summed E-state index contributed by atoms with van der Waals surface area (Å²) in [6, 6.07) is 9.19. The third-order valence-electron chi connectivity index (χ3n) is 2.27. The van der Waals surface area contributed by atoms with E-state index >= 15 is 0 Å². The lowest BCUT2D eigenvalue weighted by Gasteiger charge is -2.14.